The average molecular weight is 231 g/mol. The number of aromatic amines is 1. The molecule has 6 nitrogen and oxygen atoms in total. The van der Waals surface area contributed by atoms with Crippen LogP contribution in [0.4, 0.5) is 0 Å². The number of hydrogen-bond donors (Lipinski definition) is 3. The quantitative estimate of drug-likeness (QED) is 0.652. The molecule has 1 fully saturated rings. The van der Waals surface area contributed by atoms with Crippen molar-refractivity contribution >= 4 is 10.0 Å². The zero-order valence-electron chi connectivity index (χ0n) is 8.32. The Hall–Kier alpha value is -0.920. The molecule has 1 saturated carbocycles. The van der Waals surface area contributed by atoms with E-state index in [1.54, 1.807) is 6.92 Å². The molecule has 0 aromatic carbocycles. The lowest BCUT2D eigenvalue weighted by molar-refractivity contribution is 0.246. The van der Waals surface area contributed by atoms with Crippen LogP contribution in [0.15, 0.2) is 11.2 Å². The average Bonchev–Trinajstić information content (AvgIpc) is 2.78. The van der Waals surface area contributed by atoms with Crippen LogP contribution in [0, 0.1) is 6.92 Å². The third-order valence-electron chi connectivity index (χ3n) is 2.48. The Morgan fingerprint density at radius 1 is 1.67 bits per heavy atom. The van der Waals surface area contributed by atoms with Crippen LogP contribution in [-0.4, -0.2) is 35.6 Å². The van der Waals surface area contributed by atoms with Crippen LogP contribution in [0.2, 0.25) is 0 Å². The summed E-state index contributed by atoms with van der Waals surface area (Å²) in [5.74, 6) is 0.546. The molecule has 0 atom stereocenters. The molecule has 15 heavy (non-hydrogen) atoms. The van der Waals surface area contributed by atoms with Crippen molar-refractivity contribution in [2.24, 2.45) is 0 Å². The minimum atomic E-state index is -3.57. The number of sulfonamides is 1. The summed E-state index contributed by atoms with van der Waals surface area (Å²) < 4.78 is 26.0. The van der Waals surface area contributed by atoms with E-state index in [9.17, 15) is 8.42 Å². The van der Waals surface area contributed by atoms with Gasteiger partial charge in [0.2, 0.25) is 0 Å². The second-order valence-electron chi connectivity index (χ2n) is 3.88. The van der Waals surface area contributed by atoms with Crippen molar-refractivity contribution in [1.29, 1.82) is 0 Å². The lowest BCUT2D eigenvalue weighted by Crippen LogP contribution is -2.39. The van der Waals surface area contributed by atoms with Crippen LogP contribution in [0.1, 0.15) is 18.7 Å². The molecule has 0 amide bonds. The molecule has 0 spiro atoms. The maximum Gasteiger partial charge on any atom is 0.258 e. The van der Waals surface area contributed by atoms with E-state index < -0.39 is 15.6 Å². The molecular weight excluding hydrogens is 218 g/mol. The SMILES string of the molecule is Cc1ncc(S(=O)(=O)NC2(CO)CC2)[nH]1. The fourth-order valence-electron chi connectivity index (χ4n) is 1.32. The number of nitrogens with one attached hydrogen (secondary N) is 2. The molecular formula is C8H13N3O3S. The van der Waals surface area contributed by atoms with Gasteiger partial charge in [0, 0.05) is 0 Å². The third-order valence-corrected chi connectivity index (χ3v) is 3.96. The van der Waals surface area contributed by atoms with Crippen molar-refractivity contribution in [2.45, 2.75) is 30.3 Å². The highest BCUT2D eigenvalue weighted by Gasteiger charge is 2.45. The number of H-pyrrole nitrogens is 1. The number of aliphatic hydroxyl groups excluding tert-OH is 1. The van der Waals surface area contributed by atoms with E-state index >= 15 is 0 Å². The monoisotopic (exact) mass is 231 g/mol. The molecule has 7 heteroatoms. The third kappa shape index (κ3) is 2.04. The van der Waals surface area contributed by atoms with E-state index in [-0.39, 0.29) is 11.6 Å². The van der Waals surface area contributed by atoms with Crippen molar-refractivity contribution in [3.05, 3.63) is 12.0 Å². The highest BCUT2D eigenvalue weighted by molar-refractivity contribution is 7.89. The molecule has 1 aromatic rings. The molecule has 0 bridgehead atoms. The summed E-state index contributed by atoms with van der Waals surface area (Å²) in [6.07, 6.45) is 2.62. The van der Waals surface area contributed by atoms with Gasteiger partial charge in [0.15, 0.2) is 5.03 Å². The summed E-state index contributed by atoms with van der Waals surface area (Å²) in [6.45, 7) is 1.51. The molecule has 84 valence electrons. The van der Waals surface area contributed by atoms with Gasteiger partial charge in [-0.2, -0.15) is 0 Å². The van der Waals surface area contributed by atoms with Crippen molar-refractivity contribution in [2.75, 3.05) is 6.61 Å². The first-order valence-electron chi connectivity index (χ1n) is 4.64. The number of aryl methyl sites for hydroxylation is 1. The van der Waals surface area contributed by atoms with Gasteiger partial charge < -0.3 is 10.1 Å². The molecule has 0 saturated heterocycles. The van der Waals surface area contributed by atoms with Gasteiger partial charge in [0.1, 0.15) is 5.82 Å². The fraction of sp³-hybridized carbons (Fsp3) is 0.625. The standard InChI is InChI=1S/C8H13N3O3S/c1-6-9-4-7(10-6)15(13,14)11-8(5-12)2-3-8/h4,11-12H,2-3,5H2,1H3,(H,9,10). The first kappa shape index (κ1) is 10.6. The number of hydrogen-bond acceptors (Lipinski definition) is 4. The first-order valence-corrected chi connectivity index (χ1v) is 6.12. The van der Waals surface area contributed by atoms with Crippen LogP contribution in [0.3, 0.4) is 0 Å². The second kappa shape index (κ2) is 3.29. The lowest BCUT2D eigenvalue weighted by Gasteiger charge is -2.12. The summed E-state index contributed by atoms with van der Waals surface area (Å²) in [4.78, 5) is 6.47. The summed E-state index contributed by atoms with van der Waals surface area (Å²) in [6, 6.07) is 0. The molecule has 0 unspecified atom stereocenters. The van der Waals surface area contributed by atoms with Gasteiger partial charge in [-0.05, 0) is 19.8 Å². The summed E-state index contributed by atoms with van der Waals surface area (Å²) in [5, 5.41) is 9.06. The van der Waals surface area contributed by atoms with Gasteiger partial charge in [-0.15, -0.1) is 0 Å². The molecule has 1 aliphatic rings. The van der Waals surface area contributed by atoms with Crippen LogP contribution in [-0.2, 0) is 10.0 Å². The fourth-order valence-corrected chi connectivity index (χ4v) is 2.74. The van der Waals surface area contributed by atoms with Gasteiger partial charge in [0.25, 0.3) is 10.0 Å². The number of imidazole rings is 1. The van der Waals surface area contributed by atoms with Crippen molar-refractivity contribution in [3.8, 4) is 0 Å². The van der Waals surface area contributed by atoms with E-state index in [1.165, 1.54) is 6.20 Å². The highest BCUT2D eigenvalue weighted by Crippen LogP contribution is 2.35. The molecule has 1 aromatic heterocycles. The van der Waals surface area contributed by atoms with Crippen molar-refractivity contribution < 1.29 is 13.5 Å². The molecule has 0 radical (unpaired) electrons. The Kier molecular flexibility index (Phi) is 2.32. The zero-order chi connectivity index (χ0) is 11.1. The zero-order valence-corrected chi connectivity index (χ0v) is 9.13. The van der Waals surface area contributed by atoms with E-state index in [1.807, 2.05) is 0 Å². The minimum Gasteiger partial charge on any atom is -0.394 e. The van der Waals surface area contributed by atoms with Gasteiger partial charge in [-0.25, -0.2) is 18.1 Å². The molecule has 3 N–H and O–H groups in total. The smallest absolute Gasteiger partial charge is 0.258 e. The predicted octanol–water partition coefficient (Wildman–Crippen LogP) is -0.479. The minimum absolute atomic E-state index is 0.0414. The van der Waals surface area contributed by atoms with Gasteiger partial charge >= 0.3 is 0 Å². The molecule has 0 aliphatic heterocycles. The number of rotatable bonds is 4. The second-order valence-corrected chi connectivity index (χ2v) is 5.53. The molecule has 2 rings (SSSR count). The summed E-state index contributed by atoms with van der Waals surface area (Å²) >= 11 is 0. The topological polar surface area (TPSA) is 95.1 Å². The largest absolute Gasteiger partial charge is 0.394 e. The van der Waals surface area contributed by atoms with Crippen molar-refractivity contribution in [1.82, 2.24) is 14.7 Å². The number of nitrogens with zero attached hydrogens (tertiary/aromatic N) is 1. The number of aromatic nitrogens is 2. The van der Waals surface area contributed by atoms with Gasteiger partial charge in [0.05, 0.1) is 18.3 Å². The van der Waals surface area contributed by atoms with E-state index in [0.29, 0.717) is 18.7 Å². The predicted molar refractivity (Wildman–Crippen MR) is 52.7 cm³/mol. The first-order chi connectivity index (χ1) is 6.97. The van der Waals surface area contributed by atoms with Crippen LogP contribution in [0.5, 0.6) is 0 Å². The molecule has 1 heterocycles. The number of aliphatic hydroxyl groups is 1. The Morgan fingerprint density at radius 3 is 2.73 bits per heavy atom. The van der Waals surface area contributed by atoms with E-state index in [2.05, 4.69) is 14.7 Å². The van der Waals surface area contributed by atoms with Crippen molar-refractivity contribution in [3.63, 3.8) is 0 Å². The Morgan fingerprint density at radius 2 is 2.33 bits per heavy atom. The normalized spacial score (nSPS) is 19.1. The van der Waals surface area contributed by atoms with Gasteiger partial charge in [-0.3, -0.25) is 0 Å². The highest BCUT2D eigenvalue weighted by atomic mass is 32.2. The summed E-state index contributed by atoms with van der Waals surface area (Å²) in [7, 11) is -3.57. The van der Waals surface area contributed by atoms with Crippen LogP contribution in [0.25, 0.3) is 0 Å². The Balaban J connectivity index is 2.21. The maximum absolute atomic E-state index is 11.8. The van der Waals surface area contributed by atoms with Crippen LogP contribution < -0.4 is 4.72 Å². The van der Waals surface area contributed by atoms with Crippen LogP contribution >= 0.6 is 0 Å². The Bertz CT molecular complexity index is 461. The lowest BCUT2D eigenvalue weighted by atomic mass is 10.3. The summed E-state index contributed by atoms with van der Waals surface area (Å²) in [5.41, 5.74) is -0.641. The Labute approximate surface area is 87.8 Å². The maximum atomic E-state index is 11.8. The molecule has 1 aliphatic carbocycles. The van der Waals surface area contributed by atoms with E-state index in [0.717, 1.165) is 0 Å². The van der Waals surface area contributed by atoms with E-state index in [4.69, 9.17) is 5.11 Å². The van der Waals surface area contributed by atoms with Gasteiger partial charge in [-0.1, -0.05) is 0 Å².